The largest absolute Gasteiger partial charge is 0.350 e. The van der Waals surface area contributed by atoms with Gasteiger partial charge in [-0.3, -0.25) is 4.79 Å². The number of hydrogen-bond donors (Lipinski definition) is 1. The van der Waals surface area contributed by atoms with Gasteiger partial charge in [0.15, 0.2) is 5.13 Å². The second-order valence-electron chi connectivity index (χ2n) is 5.75. The van der Waals surface area contributed by atoms with Gasteiger partial charge in [-0.2, -0.15) is 0 Å². The molecule has 1 saturated heterocycles. The maximum Gasteiger partial charge on any atom is 0.255 e. The van der Waals surface area contributed by atoms with Crippen molar-refractivity contribution in [2.24, 2.45) is 5.92 Å². The van der Waals surface area contributed by atoms with Gasteiger partial charge in [-0.15, -0.1) is 11.8 Å². The molecule has 2 heterocycles. The van der Waals surface area contributed by atoms with Crippen LogP contribution in [0.1, 0.15) is 12.8 Å². The second kappa shape index (κ2) is 7.65. The third-order valence-corrected chi connectivity index (χ3v) is 5.88. The first-order valence-corrected chi connectivity index (χ1v) is 9.86. The minimum absolute atomic E-state index is 0.258. The number of anilines is 1. The number of alkyl halides is 2. The molecule has 1 amide bonds. The summed E-state index contributed by atoms with van der Waals surface area (Å²) in [5, 5.41) is 3.23. The van der Waals surface area contributed by atoms with Crippen molar-refractivity contribution < 1.29 is 13.6 Å². The number of rotatable bonds is 5. The summed E-state index contributed by atoms with van der Waals surface area (Å²) in [6.07, 6.45) is 1.12. The van der Waals surface area contributed by atoms with Gasteiger partial charge in [-0.1, -0.05) is 11.3 Å². The van der Waals surface area contributed by atoms with Crippen molar-refractivity contribution >= 4 is 44.4 Å². The molecule has 0 bridgehead atoms. The first kappa shape index (κ1) is 17.4. The van der Waals surface area contributed by atoms with Crippen LogP contribution >= 0.6 is 23.1 Å². The normalized spacial score (nSPS) is 18.3. The molecule has 1 atom stereocenters. The number of thiazole rings is 1. The lowest BCUT2D eigenvalue weighted by Crippen LogP contribution is -2.44. The summed E-state index contributed by atoms with van der Waals surface area (Å²) in [6.45, 7) is 0.798. The Balaban J connectivity index is 1.71. The monoisotopic (exact) mass is 371 g/mol. The van der Waals surface area contributed by atoms with Crippen LogP contribution in [0.2, 0.25) is 0 Å². The number of carbonyl (C=O) groups is 1. The predicted octanol–water partition coefficient (Wildman–Crippen LogP) is 3.62. The predicted molar refractivity (Wildman–Crippen MR) is 95.4 cm³/mol. The Kier molecular flexibility index (Phi) is 5.55. The number of fused-ring (bicyclic) bond motifs is 1. The smallest absolute Gasteiger partial charge is 0.255 e. The van der Waals surface area contributed by atoms with E-state index in [-0.39, 0.29) is 11.8 Å². The zero-order chi connectivity index (χ0) is 17.1. The molecule has 2 aromatic rings. The highest BCUT2D eigenvalue weighted by molar-refractivity contribution is 7.98. The molecule has 1 aromatic carbocycles. The summed E-state index contributed by atoms with van der Waals surface area (Å²) in [4.78, 5) is 20.0. The highest BCUT2D eigenvalue weighted by Crippen LogP contribution is 2.33. The average Bonchev–Trinajstić information content (AvgIpc) is 3.02. The molecule has 0 radical (unpaired) electrons. The fourth-order valence-electron chi connectivity index (χ4n) is 2.84. The van der Waals surface area contributed by atoms with Gasteiger partial charge < -0.3 is 10.2 Å². The van der Waals surface area contributed by atoms with Crippen LogP contribution in [0.4, 0.5) is 13.9 Å². The summed E-state index contributed by atoms with van der Waals surface area (Å²) in [5.41, 5.74) is 0.956. The van der Waals surface area contributed by atoms with Crippen LogP contribution in [0, 0.1) is 5.92 Å². The fraction of sp³-hybridized carbons (Fsp3) is 0.500. The van der Waals surface area contributed by atoms with Crippen molar-refractivity contribution in [1.82, 2.24) is 10.3 Å². The topological polar surface area (TPSA) is 45.2 Å². The molecule has 3 rings (SSSR count). The van der Waals surface area contributed by atoms with Gasteiger partial charge in [-0.25, -0.2) is 13.8 Å². The van der Waals surface area contributed by atoms with E-state index in [1.54, 1.807) is 23.1 Å². The van der Waals surface area contributed by atoms with Crippen molar-refractivity contribution in [2.45, 2.75) is 24.2 Å². The number of hydrogen-bond acceptors (Lipinski definition) is 5. The summed E-state index contributed by atoms with van der Waals surface area (Å²) >= 11 is 3.31. The Hall–Kier alpha value is -1.41. The molecule has 1 aliphatic heterocycles. The van der Waals surface area contributed by atoms with Gasteiger partial charge in [0.1, 0.15) is 0 Å². The van der Waals surface area contributed by atoms with Crippen molar-refractivity contribution in [3.05, 3.63) is 18.2 Å². The van der Waals surface area contributed by atoms with Gasteiger partial charge in [0.25, 0.3) is 6.43 Å². The number of carbonyl (C=O) groups excluding carboxylic acids is 1. The van der Waals surface area contributed by atoms with Crippen LogP contribution in [0.5, 0.6) is 0 Å². The standard InChI is InChI=1S/C16H19F2N3OS2/c1-23-11-4-5-12-13(7-11)24-16(20-12)21-6-2-3-10(9-21)15(22)19-8-14(17)18/h4-5,7,10,14H,2-3,6,8-9H2,1H3,(H,19,22). The van der Waals surface area contributed by atoms with Crippen LogP contribution in [-0.4, -0.2) is 43.2 Å². The first-order valence-electron chi connectivity index (χ1n) is 7.82. The number of thioether (sulfide) groups is 1. The van der Waals surface area contributed by atoms with Crippen molar-refractivity contribution in [3.63, 3.8) is 0 Å². The molecule has 1 aromatic heterocycles. The van der Waals surface area contributed by atoms with E-state index in [1.807, 2.05) is 18.4 Å². The molecule has 0 saturated carbocycles. The Morgan fingerprint density at radius 1 is 1.54 bits per heavy atom. The van der Waals surface area contributed by atoms with E-state index >= 15 is 0 Å². The van der Waals surface area contributed by atoms with E-state index in [2.05, 4.69) is 21.3 Å². The second-order valence-corrected chi connectivity index (χ2v) is 7.64. The van der Waals surface area contributed by atoms with Crippen molar-refractivity contribution in [2.75, 3.05) is 30.8 Å². The minimum Gasteiger partial charge on any atom is -0.350 e. The quantitative estimate of drug-likeness (QED) is 0.816. The molecule has 1 fully saturated rings. The Morgan fingerprint density at radius 3 is 3.12 bits per heavy atom. The van der Waals surface area contributed by atoms with Crippen molar-refractivity contribution in [1.29, 1.82) is 0 Å². The molecule has 1 N–H and O–H groups in total. The van der Waals surface area contributed by atoms with Crippen LogP contribution < -0.4 is 10.2 Å². The zero-order valence-corrected chi connectivity index (χ0v) is 14.9. The van der Waals surface area contributed by atoms with Crippen LogP contribution in [0.15, 0.2) is 23.1 Å². The number of halogens is 2. The van der Waals surface area contributed by atoms with E-state index in [1.165, 1.54) is 4.90 Å². The van der Waals surface area contributed by atoms with E-state index in [0.29, 0.717) is 6.54 Å². The fourth-order valence-corrected chi connectivity index (χ4v) is 4.40. The SMILES string of the molecule is CSc1ccc2nc(N3CCCC(C(=O)NCC(F)F)C3)sc2c1. The number of aromatic nitrogens is 1. The van der Waals surface area contributed by atoms with Gasteiger partial charge in [0.2, 0.25) is 5.91 Å². The Labute approximate surface area is 147 Å². The van der Waals surface area contributed by atoms with Gasteiger partial charge in [0, 0.05) is 18.0 Å². The highest BCUT2D eigenvalue weighted by atomic mass is 32.2. The lowest BCUT2D eigenvalue weighted by atomic mass is 9.97. The number of nitrogens with zero attached hydrogens (tertiary/aromatic N) is 2. The minimum atomic E-state index is -2.51. The van der Waals surface area contributed by atoms with Gasteiger partial charge in [0.05, 0.1) is 22.7 Å². The maximum atomic E-state index is 12.2. The third-order valence-electron chi connectivity index (χ3n) is 4.08. The van der Waals surface area contributed by atoms with Crippen LogP contribution in [0.3, 0.4) is 0 Å². The zero-order valence-electron chi connectivity index (χ0n) is 13.3. The molecule has 1 aliphatic rings. The molecule has 0 aliphatic carbocycles. The number of benzene rings is 1. The van der Waals surface area contributed by atoms with Crippen LogP contribution in [0.25, 0.3) is 10.2 Å². The van der Waals surface area contributed by atoms with E-state index in [4.69, 9.17) is 0 Å². The lowest BCUT2D eigenvalue weighted by molar-refractivity contribution is -0.125. The Bertz CT molecular complexity index is 722. The summed E-state index contributed by atoms with van der Waals surface area (Å²) in [6, 6.07) is 6.18. The van der Waals surface area contributed by atoms with E-state index < -0.39 is 13.0 Å². The summed E-state index contributed by atoms with van der Waals surface area (Å²) < 4.78 is 25.6. The van der Waals surface area contributed by atoms with E-state index in [9.17, 15) is 13.6 Å². The van der Waals surface area contributed by atoms with Crippen molar-refractivity contribution in [3.8, 4) is 0 Å². The number of amides is 1. The molecular weight excluding hydrogens is 352 g/mol. The third kappa shape index (κ3) is 3.97. The molecule has 4 nitrogen and oxygen atoms in total. The molecule has 130 valence electrons. The summed E-state index contributed by atoms with van der Waals surface area (Å²) in [7, 11) is 0. The summed E-state index contributed by atoms with van der Waals surface area (Å²) in [5.74, 6) is -0.544. The lowest BCUT2D eigenvalue weighted by Gasteiger charge is -2.31. The molecule has 24 heavy (non-hydrogen) atoms. The van der Waals surface area contributed by atoms with Crippen LogP contribution in [-0.2, 0) is 4.79 Å². The van der Waals surface area contributed by atoms with E-state index in [0.717, 1.165) is 34.7 Å². The number of nitrogens with one attached hydrogen (secondary N) is 1. The first-order chi connectivity index (χ1) is 11.6. The molecule has 0 spiro atoms. The molecule has 8 heteroatoms. The molecule has 1 unspecified atom stereocenters. The van der Waals surface area contributed by atoms with Gasteiger partial charge >= 0.3 is 0 Å². The highest BCUT2D eigenvalue weighted by Gasteiger charge is 2.27. The average molecular weight is 371 g/mol. The molecular formula is C16H19F2N3OS2. The Morgan fingerprint density at radius 2 is 2.38 bits per heavy atom. The number of piperidine rings is 1. The van der Waals surface area contributed by atoms with Gasteiger partial charge in [-0.05, 0) is 37.3 Å². The maximum absolute atomic E-state index is 12.2.